The summed E-state index contributed by atoms with van der Waals surface area (Å²) in [6.07, 6.45) is -3.93. The van der Waals surface area contributed by atoms with Crippen LogP contribution in [0.2, 0.25) is 5.02 Å². The minimum atomic E-state index is -4.64. The second-order valence-corrected chi connectivity index (χ2v) is 7.29. The Hall–Kier alpha value is -2.58. The van der Waals surface area contributed by atoms with Crippen molar-refractivity contribution >= 4 is 45.5 Å². The molecule has 9 heteroatoms. The van der Waals surface area contributed by atoms with Gasteiger partial charge in [-0.1, -0.05) is 23.7 Å². The Balaban J connectivity index is 1.74. The lowest BCUT2D eigenvalue weighted by Gasteiger charge is -2.15. The molecule has 3 rings (SSSR count). The Morgan fingerprint density at radius 3 is 2.48 bits per heavy atom. The molecule has 0 atom stereocenters. The third-order valence-corrected chi connectivity index (χ3v) is 4.92. The Morgan fingerprint density at radius 2 is 1.83 bits per heavy atom. The van der Waals surface area contributed by atoms with Crippen LogP contribution in [-0.2, 0) is 19.6 Å². The highest BCUT2D eigenvalue weighted by Gasteiger charge is 2.33. The van der Waals surface area contributed by atoms with Crippen LogP contribution in [0.1, 0.15) is 11.1 Å². The maximum Gasteiger partial charge on any atom is 0.417 e. The summed E-state index contributed by atoms with van der Waals surface area (Å²) in [5.74, 6) is 0. The molecule has 152 valence electrons. The minimum absolute atomic E-state index is 0.0754. The quantitative estimate of drug-likeness (QED) is 0.576. The van der Waals surface area contributed by atoms with Crippen molar-refractivity contribution in [2.45, 2.75) is 12.6 Å². The van der Waals surface area contributed by atoms with Crippen molar-refractivity contribution in [2.75, 3.05) is 11.9 Å². The molecule has 1 heterocycles. The lowest BCUT2D eigenvalue weighted by atomic mass is 10.1. The molecule has 0 fully saturated rings. The number of anilines is 1. The first-order valence-corrected chi connectivity index (χ1v) is 9.44. The molecule has 29 heavy (non-hydrogen) atoms. The first-order chi connectivity index (χ1) is 13.6. The van der Waals surface area contributed by atoms with Crippen LogP contribution in [0.4, 0.5) is 18.9 Å². The smallest absolute Gasteiger partial charge is 0.362 e. The second-order valence-electron chi connectivity index (χ2n) is 6.44. The summed E-state index contributed by atoms with van der Waals surface area (Å²) in [4.78, 5) is 11.8. The monoisotopic (exact) mass is 439 g/mol. The molecule has 4 nitrogen and oxygen atoms in total. The van der Waals surface area contributed by atoms with Gasteiger partial charge in [0, 0.05) is 35.8 Å². The van der Waals surface area contributed by atoms with Gasteiger partial charge in [-0.2, -0.15) is 13.2 Å². The number of fused-ring (bicyclic) bond motifs is 1. The summed E-state index contributed by atoms with van der Waals surface area (Å²) in [7, 11) is 1.43. The molecule has 0 bridgehead atoms. The van der Waals surface area contributed by atoms with E-state index in [1.807, 2.05) is 12.1 Å². The first-order valence-electron chi connectivity index (χ1n) is 8.65. The Kier molecular flexibility index (Phi) is 6.14. The fourth-order valence-electron chi connectivity index (χ4n) is 2.92. The van der Waals surface area contributed by atoms with E-state index < -0.39 is 17.3 Å². The zero-order valence-electron chi connectivity index (χ0n) is 15.3. The molecule has 0 amide bonds. The maximum atomic E-state index is 13.4. The van der Waals surface area contributed by atoms with Gasteiger partial charge in [0.1, 0.15) is 0 Å². The van der Waals surface area contributed by atoms with Gasteiger partial charge in [0.25, 0.3) is 5.56 Å². The number of pyridine rings is 1. The number of aromatic nitrogens is 1. The summed E-state index contributed by atoms with van der Waals surface area (Å²) in [6, 6.07) is 12.4. The average molecular weight is 440 g/mol. The number of benzene rings is 2. The van der Waals surface area contributed by atoms with Gasteiger partial charge in [0.05, 0.1) is 11.1 Å². The molecule has 0 radical (unpaired) electrons. The van der Waals surface area contributed by atoms with Crippen molar-refractivity contribution in [3.63, 3.8) is 0 Å². The number of hydrogen-bond acceptors (Lipinski definition) is 2. The fourth-order valence-corrected chi connectivity index (χ4v) is 3.27. The third kappa shape index (κ3) is 5.07. The van der Waals surface area contributed by atoms with Gasteiger partial charge in [-0.3, -0.25) is 4.79 Å². The lowest BCUT2D eigenvalue weighted by Crippen LogP contribution is -2.30. The predicted octanol–water partition coefficient (Wildman–Crippen LogP) is 4.74. The molecule has 0 aliphatic carbocycles. The van der Waals surface area contributed by atoms with Crippen LogP contribution in [0.5, 0.6) is 0 Å². The number of halogens is 4. The SMILES string of the molecule is Cn1c(=O)cc(C(F)(F)F)c2cc(NC(=S)NCCc3ccc(Cl)cc3)ccc21. The highest BCUT2D eigenvalue weighted by Crippen LogP contribution is 2.34. The van der Waals surface area contributed by atoms with Crippen molar-refractivity contribution in [3.8, 4) is 0 Å². The van der Waals surface area contributed by atoms with E-state index in [1.165, 1.54) is 23.7 Å². The largest absolute Gasteiger partial charge is 0.417 e. The van der Waals surface area contributed by atoms with Crippen molar-refractivity contribution in [2.24, 2.45) is 7.05 Å². The minimum Gasteiger partial charge on any atom is -0.362 e. The zero-order valence-corrected chi connectivity index (χ0v) is 16.9. The van der Waals surface area contributed by atoms with E-state index in [4.69, 9.17) is 23.8 Å². The molecule has 0 unspecified atom stereocenters. The summed E-state index contributed by atoms with van der Waals surface area (Å²) >= 11 is 11.1. The Morgan fingerprint density at radius 1 is 1.14 bits per heavy atom. The topological polar surface area (TPSA) is 46.1 Å². The second kappa shape index (κ2) is 8.42. The lowest BCUT2D eigenvalue weighted by molar-refractivity contribution is -0.136. The number of aryl methyl sites for hydroxylation is 1. The van der Waals surface area contributed by atoms with Crippen molar-refractivity contribution in [1.29, 1.82) is 0 Å². The molecular formula is C20H17ClF3N3OS. The highest BCUT2D eigenvalue weighted by atomic mass is 35.5. The molecular weight excluding hydrogens is 423 g/mol. The van der Waals surface area contributed by atoms with Crippen LogP contribution in [0.15, 0.2) is 53.3 Å². The van der Waals surface area contributed by atoms with Crippen molar-refractivity contribution in [3.05, 3.63) is 75.0 Å². The Bertz CT molecular complexity index is 1110. The van der Waals surface area contributed by atoms with Gasteiger partial charge in [-0.25, -0.2) is 0 Å². The molecule has 1 aromatic heterocycles. The molecule has 0 spiro atoms. The van der Waals surface area contributed by atoms with Gasteiger partial charge in [0.15, 0.2) is 5.11 Å². The summed E-state index contributed by atoms with van der Waals surface area (Å²) in [5.41, 5.74) is -0.0282. The number of nitrogens with one attached hydrogen (secondary N) is 2. The van der Waals surface area contributed by atoms with Gasteiger partial charge < -0.3 is 15.2 Å². The van der Waals surface area contributed by atoms with Crippen LogP contribution in [0.25, 0.3) is 10.9 Å². The molecule has 0 saturated heterocycles. The number of alkyl halides is 3. The Labute approximate surface area is 175 Å². The van der Waals surface area contributed by atoms with E-state index in [9.17, 15) is 18.0 Å². The van der Waals surface area contributed by atoms with Crippen molar-refractivity contribution < 1.29 is 13.2 Å². The highest BCUT2D eigenvalue weighted by molar-refractivity contribution is 7.80. The summed E-state index contributed by atoms with van der Waals surface area (Å²) in [5, 5.41) is 6.78. The van der Waals surface area contributed by atoms with E-state index >= 15 is 0 Å². The summed E-state index contributed by atoms with van der Waals surface area (Å²) < 4.78 is 41.3. The van der Waals surface area contributed by atoms with E-state index in [0.717, 1.165) is 5.56 Å². The molecule has 2 aromatic carbocycles. The van der Waals surface area contributed by atoms with Crippen LogP contribution >= 0.6 is 23.8 Å². The molecule has 2 N–H and O–H groups in total. The van der Waals surface area contributed by atoms with Crippen LogP contribution in [0, 0.1) is 0 Å². The van der Waals surface area contributed by atoms with Gasteiger partial charge >= 0.3 is 6.18 Å². The number of nitrogens with zero attached hydrogens (tertiary/aromatic N) is 1. The number of hydrogen-bond donors (Lipinski definition) is 2. The van der Waals surface area contributed by atoms with Crippen LogP contribution in [0.3, 0.4) is 0 Å². The first kappa shape index (κ1) is 21.1. The van der Waals surface area contributed by atoms with E-state index in [1.54, 1.807) is 18.2 Å². The molecule has 0 aliphatic heterocycles. The normalized spacial score (nSPS) is 11.5. The van der Waals surface area contributed by atoms with Gasteiger partial charge in [0.2, 0.25) is 0 Å². The van der Waals surface area contributed by atoms with Gasteiger partial charge in [-0.05, 0) is 54.5 Å². The standard InChI is InChI=1S/C20H17ClF3N3OS/c1-27-17-7-6-14(10-15(17)16(11-18(27)28)20(22,23)24)26-19(29)25-9-8-12-2-4-13(21)5-3-12/h2-7,10-11H,8-9H2,1H3,(H2,25,26,29). The third-order valence-electron chi connectivity index (χ3n) is 4.42. The zero-order chi connectivity index (χ0) is 21.2. The maximum absolute atomic E-state index is 13.4. The molecule has 3 aromatic rings. The van der Waals surface area contributed by atoms with Gasteiger partial charge in [-0.15, -0.1) is 0 Å². The number of thiocarbonyl (C=S) groups is 1. The molecule has 0 aliphatic rings. The number of rotatable bonds is 4. The average Bonchev–Trinajstić information content (AvgIpc) is 2.65. The molecule has 0 saturated carbocycles. The van der Waals surface area contributed by atoms with Crippen LogP contribution < -0.4 is 16.2 Å². The fraction of sp³-hybridized carbons (Fsp3) is 0.200. The van der Waals surface area contributed by atoms with Crippen LogP contribution in [-0.4, -0.2) is 16.2 Å². The van der Waals surface area contributed by atoms with Crippen molar-refractivity contribution in [1.82, 2.24) is 9.88 Å². The van der Waals surface area contributed by atoms with E-state index in [2.05, 4.69) is 10.6 Å². The summed E-state index contributed by atoms with van der Waals surface area (Å²) in [6.45, 7) is 0.545. The predicted molar refractivity (Wildman–Crippen MR) is 114 cm³/mol. The van der Waals surface area contributed by atoms with E-state index in [-0.39, 0.29) is 16.0 Å². The van der Waals surface area contributed by atoms with E-state index in [0.29, 0.717) is 29.7 Å².